The summed E-state index contributed by atoms with van der Waals surface area (Å²) in [7, 11) is 1.64. The van der Waals surface area contributed by atoms with E-state index in [2.05, 4.69) is 0 Å². The minimum Gasteiger partial charge on any atom is -0.451 e. The van der Waals surface area contributed by atoms with Crippen LogP contribution in [0.2, 0.25) is 0 Å². The van der Waals surface area contributed by atoms with E-state index in [0.29, 0.717) is 6.54 Å². The Morgan fingerprint density at radius 3 is 2.15 bits per heavy atom. The number of nitrogens with zero attached hydrogens (tertiary/aromatic N) is 2. The second kappa shape index (κ2) is 9.35. The van der Waals surface area contributed by atoms with Crippen molar-refractivity contribution in [2.24, 2.45) is 0 Å². The number of carbonyl (C=O) groups is 2. The summed E-state index contributed by atoms with van der Waals surface area (Å²) in [4.78, 5) is 25.7. The number of nitriles is 1. The van der Waals surface area contributed by atoms with Gasteiger partial charge in [-0.1, -0.05) is 59.7 Å². The van der Waals surface area contributed by atoms with Crippen LogP contribution in [0.3, 0.4) is 0 Å². The van der Waals surface area contributed by atoms with Crippen molar-refractivity contribution in [3.05, 3.63) is 76.4 Å². The van der Waals surface area contributed by atoms with E-state index in [0.717, 1.165) is 22.3 Å². The van der Waals surface area contributed by atoms with Crippen molar-refractivity contribution in [2.75, 3.05) is 13.7 Å². The van der Waals surface area contributed by atoms with Crippen LogP contribution >= 0.6 is 0 Å². The predicted molar refractivity (Wildman–Crippen MR) is 103 cm³/mol. The summed E-state index contributed by atoms with van der Waals surface area (Å²) < 4.78 is 5.01. The molecule has 0 fully saturated rings. The maximum Gasteiger partial charge on any atom is 0.349 e. The van der Waals surface area contributed by atoms with E-state index in [-0.39, 0.29) is 11.5 Å². The Kier molecular flexibility index (Phi) is 6.90. The van der Waals surface area contributed by atoms with E-state index < -0.39 is 12.6 Å². The van der Waals surface area contributed by atoms with Gasteiger partial charge in [-0.25, -0.2) is 4.79 Å². The molecule has 138 valence electrons. The average Bonchev–Trinajstić information content (AvgIpc) is 2.67. The summed E-state index contributed by atoms with van der Waals surface area (Å²) in [6, 6.07) is 17.1. The van der Waals surface area contributed by atoms with Crippen molar-refractivity contribution in [2.45, 2.75) is 20.4 Å². The van der Waals surface area contributed by atoms with Crippen LogP contribution in [0.1, 0.15) is 22.3 Å². The van der Waals surface area contributed by atoms with E-state index in [9.17, 15) is 14.9 Å². The minimum absolute atomic E-state index is 0.146. The SMILES string of the molecule is Cc1ccc(/C=C(\C#N)C(=O)OCC(=O)N(C)Cc2ccc(C)cc2)cc1. The predicted octanol–water partition coefficient (Wildman–Crippen LogP) is 3.41. The molecule has 0 bridgehead atoms. The molecule has 5 nitrogen and oxygen atoms in total. The highest BCUT2D eigenvalue weighted by Crippen LogP contribution is 2.10. The van der Waals surface area contributed by atoms with Crippen LogP contribution in [-0.2, 0) is 20.9 Å². The van der Waals surface area contributed by atoms with Crippen molar-refractivity contribution in [3.63, 3.8) is 0 Å². The van der Waals surface area contributed by atoms with Gasteiger partial charge in [-0.15, -0.1) is 0 Å². The van der Waals surface area contributed by atoms with Crippen LogP contribution in [-0.4, -0.2) is 30.4 Å². The van der Waals surface area contributed by atoms with Crippen molar-refractivity contribution in [3.8, 4) is 6.07 Å². The molecule has 0 heterocycles. The van der Waals surface area contributed by atoms with Gasteiger partial charge < -0.3 is 9.64 Å². The molecule has 0 aromatic heterocycles. The van der Waals surface area contributed by atoms with E-state index in [1.54, 1.807) is 19.2 Å². The van der Waals surface area contributed by atoms with Crippen LogP contribution in [0.5, 0.6) is 0 Å². The molecular formula is C22H22N2O3. The van der Waals surface area contributed by atoms with Gasteiger partial charge in [-0.3, -0.25) is 4.79 Å². The smallest absolute Gasteiger partial charge is 0.349 e. The Hall–Kier alpha value is -3.39. The maximum absolute atomic E-state index is 12.2. The normalized spacial score (nSPS) is 10.8. The number of amides is 1. The van der Waals surface area contributed by atoms with E-state index in [1.807, 2.05) is 56.3 Å². The molecule has 2 aromatic rings. The summed E-state index contributed by atoms with van der Waals surface area (Å²) in [6.45, 7) is 3.95. The highest BCUT2D eigenvalue weighted by molar-refractivity contribution is 5.98. The van der Waals surface area contributed by atoms with Crippen molar-refractivity contribution in [1.29, 1.82) is 5.26 Å². The lowest BCUT2D eigenvalue weighted by Gasteiger charge is -2.17. The third-order valence-electron chi connectivity index (χ3n) is 4.02. The summed E-state index contributed by atoms with van der Waals surface area (Å²) in [5.41, 5.74) is 3.78. The zero-order valence-electron chi connectivity index (χ0n) is 15.7. The Morgan fingerprint density at radius 1 is 1.04 bits per heavy atom. The van der Waals surface area contributed by atoms with Gasteiger partial charge in [0.1, 0.15) is 11.6 Å². The van der Waals surface area contributed by atoms with Gasteiger partial charge in [-0.05, 0) is 31.1 Å². The van der Waals surface area contributed by atoms with Gasteiger partial charge in [0, 0.05) is 13.6 Å². The van der Waals surface area contributed by atoms with E-state index >= 15 is 0 Å². The number of ether oxygens (including phenoxy) is 1. The molecule has 0 saturated heterocycles. The highest BCUT2D eigenvalue weighted by atomic mass is 16.5. The zero-order chi connectivity index (χ0) is 19.8. The standard InChI is InChI=1S/C22H22N2O3/c1-16-4-8-18(9-5-16)12-20(13-23)22(26)27-15-21(25)24(3)14-19-10-6-17(2)7-11-19/h4-12H,14-15H2,1-3H3/b20-12+. The van der Waals surface area contributed by atoms with Crippen molar-refractivity contribution < 1.29 is 14.3 Å². The summed E-state index contributed by atoms with van der Waals surface area (Å²) >= 11 is 0. The Balaban J connectivity index is 1.92. The summed E-state index contributed by atoms with van der Waals surface area (Å²) in [5, 5.41) is 9.19. The molecular weight excluding hydrogens is 340 g/mol. The number of carbonyl (C=O) groups excluding carboxylic acids is 2. The molecule has 5 heteroatoms. The molecule has 0 aliphatic carbocycles. The molecule has 0 aliphatic heterocycles. The molecule has 0 aliphatic rings. The van der Waals surface area contributed by atoms with E-state index in [1.165, 1.54) is 11.0 Å². The maximum atomic E-state index is 12.2. The highest BCUT2D eigenvalue weighted by Gasteiger charge is 2.15. The number of hydrogen-bond acceptors (Lipinski definition) is 4. The van der Waals surface area contributed by atoms with Crippen LogP contribution < -0.4 is 0 Å². The minimum atomic E-state index is -0.810. The Morgan fingerprint density at radius 2 is 1.59 bits per heavy atom. The molecule has 27 heavy (non-hydrogen) atoms. The molecule has 0 atom stereocenters. The second-order valence-electron chi connectivity index (χ2n) is 6.39. The van der Waals surface area contributed by atoms with Gasteiger partial charge in [0.05, 0.1) is 0 Å². The molecule has 0 spiro atoms. The van der Waals surface area contributed by atoms with Crippen LogP contribution in [0.25, 0.3) is 6.08 Å². The first-order valence-electron chi connectivity index (χ1n) is 8.54. The van der Waals surface area contributed by atoms with Gasteiger partial charge in [0.2, 0.25) is 0 Å². The van der Waals surface area contributed by atoms with Gasteiger partial charge in [0.25, 0.3) is 5.91 Å². The lowest BCUT2D eigenvalue weighted by molar-refractivity contribution is -0.148. The molecule has 0 N–H and O–H groups in total. The third kappa shape index (κ3) is 6.12. The number of rotatable bonds is 6. The van der Waals surface area contributed by atoms with E-state index in [4.69, 9.17) is 4.74 Å². The third-order valence-corrected chi connectivity index (χ3v) is 4.02. The van der Waals surface area contributed by atoms with Crippen LogP contribution in [0.4, 0.5) is 0 Å². The molecule has 0 radical (unpaired) electrons. The van der Waals surface area contributed by atoms with Crippen LogP contribution in [0.15, 0.2) is 54.1 Å². The number of benzene rings is 2. The molecule has 0 saturated carbocycles. The lowest BCUT2D eigenvalue weighted by Crippen LogP contribution is -2.31. The number of hydrogen-bond donors (Lipinski definition) is 0. The zero-order valence-corrected chi connectivity index (χ0v) is 15.7. The van der Waals surface area contributed by atoms with Gasteiger partial charge >= 0.3 is 5.97 Å². The lowest BCUT2D eigenvalue weighted by atomic mass is 10.1. The fourth-order valence-corrected chi connectivity index (χ4v) is 2.34. The molecule has 2 aromatic carbocycles. The molecule has 2 rings (SSSR count). The van der Waals surface area contributed by atoms with Crippen molar-refractivity contribution in [1.82, 2.24) is 4.90 Å². The number of likely N-dealkylation sites (N-methyl/N-ethyl adjacent to an activating group) is 1. The monoisotopic (exact) mass is 362 g/mol. The Bertz CT molecular complexity index is 875. The number of aryl methyl sites for hydroxylation is 2. The quantitative estimate of drug-likeness (QED) is 0.448. The average molecular weight is 362 g/mol. The fourth-order valence-electron chi connectivity index (χ4n) is 2.34. The molecule has 0 unspecified atom stereocenters. The Labute approximate surface area is 159 Å². The number of esters is 1. The summed E-state index contributed by atoms with van der Waals surface area (Å²) in [5.74, 6) is -1.15. The topological polar surface area (TPSA) is 70.4 Å². The van der Waals surface area contributed by atoms with Crippen molar-refractivity contribution >= 4 is 18.0 Å². The fraction of sp³-hybridized carbons (Fsp3) is 0.227. The first-order chi connectivity index (χ1) is 12.9. The first-order valence-corrected chi connectivity index (χ1v) is 8.54. The first kappa shape index (κ1) is 19.9. The van der Waals surface area contributed by atoms with Crippen LogP contribution in [0, 0.1) is 25.2 Å². The summed E-state index contributed by atoms with van der Waals surface area (Å²) in [6.07, 6.45) is 1.45. The van der Waals surface area contributed by atoms with Gasteiger partial charge in [0.15, 0.2) is 6.61 Å². The molecule has 1 amide bonds. The largest absolute Gasteiger partial charge is 0.451 e. The second-order valence-corrected chi connectivity index (χ2v) is 6.39. The van der Waals surface area contributed by atoms with Gasteiger partial charge in [-0.2, -0.15) is 5.26 Å².